The van der Waals surface area contributed by atoms with Crippen LogP contribution < -0.4 is 5.32 Å². The van der Waals surface area contributed by atoms with Crippen LogP contribution in [-0.2, 0) is 0 Å². The van der Waals surface area contributed by atoms with E-state index >= 15 is 0 Å². The molecule has 0 spiro atoms. The molecule has 0 saturated carbocycles. The number of aromatic carboxylic acids is 1. The smallest absolute Gasteiger partial charge is 0.339 e. The van der Waals surface area contributed by atoms with Crippen molar-refractivity contribution < 1.29 is 19.8 Å². The van der Waals surface area contributed by atoms with Crippen LogP contribution in [0.3, 0.4) is 0 Å². The first-order valence-corrected chi connectivity index (χ1v) is 5.56. The minimum Gasteiger partial charge on any atom is -0.507 e. The molecular formula is C10H7N3O4S. The van der Waals surface area contributed by atoms with E-state index in [0.717, 1.165) is 17.6 Å². The van der Waals surface area contributed by atoms with Crippen molar-refractivity contribution in [3.63, 3.8) is 0 Å². The van der Waals surface area contributed by atoms with Crippen molar-refractivity contribution in [3.05, 3.63) is 34.8 Å². The van der Waals surface area contributed by atoms with Crippen LogP contribution in [0.25, 0.3) is 0 Å². The Bertz CT molecular complexity index is 597. The third-order valence-corrected chi connectivity index (χ3v) is 2.58. The predicted octanol–water partition coefficient (Wildman–Crippen LogP) is 1.19. The fraction of sp³-hybridized carbons (Fsp3) is 0. The summed E-state index contributed by atoms with van der Waals surface area (Å²) in [5, 5.41) is 25.7. The number of anilines is 1. The molecule has 0 aliphatic heterocycles. The average molecular weight is 265 g/mol. The van der Waals surface area contributed by atoms with E-state index in [1.165, 1.54) is 17.5 Å². The van der Waals surface area contributed by atoms with Gasteiger partial charge in [-0.3, -0.25) is 4.79 Å². The quantitative estimate of drug-likeness (QED) is 0.768. The Morgan fingerprint density at radius 3 is 2.67 bits per heavy atom. The van der Waals surface area contributed by atoms with Gasteiger partial charge >= 0.3 is 5.97 Å². The Balaban J connectivity index is 2.18. The van der Waals surface area contributed by atoms with Crippen molar-refractivity contribution in [2.75, 3.05) is 5.32 Å². The van der Waals surface area contributed by atoms with Gasteiger partial charge in [-0.25, -0.2) is 4.79 Å². The standard InChI is InChI=1S/C10H7N3O4S/c14-8-3-5(1-2-6(8)10(16)17)11-9(15)7-4-18-13-12-7/h1-4,14H,(H,11,15)(H,16,17). The summed E-state index contributed by atoms with van der Waals surface area (Å²) in [5.74, 6) is -2.14. The van der Waals surface area contributed by atoms with Gasteiger partial charge < -0.3 is 15.5 Å². The van der Waals surface area contributed by atoms with Gasteiger partial charge in [-0.2, -0.15) is 0 Å². The van der Waals surface area contributed by atoms with Crippen LogP contribution in [0.1, 0.15) is 20.8 Å². The number of nitrogens with one attached hydrogen (secondary N) is 1. The molecule has 0 saturated heterocycles. The molecular weight excluding hydrogens is 258 g/mol. The van der Waals surface area contributed by atoms with Gasteiger partial charge in [0.25, 0.3) is 5.91 Å². The minimum absolute atomic E-state index is 0.154. The van der Waals surface area contributed by atoms with Gasteiger partial charge in [0.2, 0.25) is 0 Å². The fourth-order valence-corrected chi connectivity index (χ4v) is 1.69. The number of carbonyl (C=O) groups excluding carboxylic acids is 1. The zero-order valence-corrected chi connectivity index (χ0v) is 9.64. The van der Waals surface area contributed by atoms with E-state index in [4.69, 9.17) is 5.11 Å². The molecule has 1 amide bonds. The number of carboxylic acid groups (broad SMARTS) is 1. The van der Waals surface area contributed by atoms with Crippen LogP contribution in [0.2, 0.25) is 0 Å². The van der Waals surface area contributed by atoms with Gasteiger partial charge in [-0.1, -0.05) is 4.49 Å². The van der Waals surface area contributed by atoms with Gasteiger partial charge in [0.1, 0.15) is 11.3 Å². The van der Waals surface area contributed by atoms with E-state index in [9.17, 15) is 14.7 Å². The largest absolute Gasteiger partial charge is 0.507 e. The maximum atomic E-state index is 11.6. The summed E-state index contributed by atoms with van der Waals surface area (Å²) in [6.45, 7) is 0. The van der Waals surface area contributed by atoms with Crippen LogP contribution in [0, 0.1) is 0 Å². The van der Waals surface area contributed by atoms with Crippen molar-refractivity contribution in [1.29, 1.82) is 0 Å². The Morgan fingerprint density at radius 2 is 2.11 bits per heavy atom. The van der Waals surface area contributed by atoms with E-state index in [1.54, 1.807) is 0 Å². The number of aromatic hydroxyl groups is 1. The maximum absolute atomic E-state index is 11.6. The van der Waals surface area contributed by atoms with E-state index in [2.05, 4.69) is 14.9 Å². The summed E-state index contributed by atoms with van der Waals surface area (Å²) in [6, 6.07) is 3.73. The zero-order chi connectivity index (χ0) is 13.1. The van der Waals surface area contributed by atoms with Gasteiger partial charge in [-0.15, -0.1) is 5.10 Å². The topological polar surface area (TPSA) is 112 Å². The Kier molecular flexibility index (Phi) is 3.20. The molecule has 1 aromatic carbocycles. The van der Waals surface area contributed by atoms with E-state index in [-0.39, 0.29) is 16.9 Å². The van der Waals surface area contributed by atoms with Gasteiger partial charge in [0.15, 0.2) is 5.69 Å². The molecule has 0 aliphatic carbocycles. The number of amides is 1. The summed E-state index contributed by atoms with van der Waals surface area (Å²) >= 11 is 1.04. The maximum Gasteiger partial charge on any atom is 0.339 e. The van der Waals surface area contributed by atoms with Crippen molar-refractivity contribution in [2.45, 2.75) is 0 Å². The number of carboxylic acids is 1. The molecule has 3 N–H and O–H groups in total. The first kappa shape index (κ1) is 12.0. The van der Waals surface area contributed by atoms with Crippen LogP contribution in [0.5, 0.6) is 5.75 Å². The first-order valence-electron chi connectivity index (χ1n) is 4.72. The lowest BCUT2D eigenvalue weighted by molar-refractivity contribution is 0.0693. The van der Waals surface area contributed by atoms with E-state index in [1.807, 2.05) is 0 Å². The third-order valence-electron chi connectivity index (χ3n) is 2.08. The van der Waals surface area contributed by atoms with E-state index in [0.29, 0.717) is 0 Å². The highest BCUT2D eigenvalue weighted by atomic mass is 32.1. The molecule has 0 fully saturated rings. The normalized spacial score (nSPS) is 10.0. The number of phenols is 1. The highest BCUT2D eigenvalue weighted by Gasteiger charge is 2.12. The lowest BCUT2D eigenvalue weighted by atomic mass is 10.2. The molecule has 0 radical (unpaired) electrons. The minimum atomic E-state index is -1.24. The Labute approximate surface area is 105 Å². The van der Waals surface area contributed by atoms with Gasteiger partial charge in [0.05, 0.1) is 0 Å². The molecule has 0 unspecified atom stereocenters. The number of hydrogen-bond donors (Lipinski definition) is 3. The molecule has 7 nitrogen and oxygen atoms in total. The van der Waals surface area contributed by atoms with Crippen molar-refractivity contribution >= 4 is 29.1 Å². The van der Waals surface area contributed by atoms with Crippen molar-refractivity contribution in [1.82, 2.24) is 9.59 Å². The Morgan fingerprint density at radius 1 is 1.33 bits per heavy atom. The van der Waals surface area contributed by atoms with Crippen LogP contribution in [0.15, 0.2) is 23.6 Å². The summed E-state index contributed by atoms with van der Waals surface area (Å²) in [5.41, 5.74) is 0.195. The fourth-order valence-electron chi connectivity index (χ4n) is 1.25. The highest BCUT2D eigenvalue weighted by Crippen LogP contribution is 2.22. The van der Waals surface area contributed by atoms with Gasteiger partial charge in [-0.05, 0) is 23.7 Å². The Hall–Kier alpha value is -2.48. The number of carbonyl (C=O) groups is 2. The SMILES string of the molecule is O=C(Nc1ccc(C(=O)O)c(O)c1)c1csnn1. The molecule has 1 aromatic heterocycles. The zero-order valence-electron chi connectivity index (χ0n) is 8.82. The lowest BCUT2D eigenvalue weighted by Crippen LogP contribution is -2.12. The first-order chi connectivity index (χ1) is 8.58. The summed E-state index contributed by atoms with van der Waals surface area (Å²) < 4.78 is 3.54. The molecule has 92 valence electrons. The highest BCUT2D eigenvalue weighted by molar-refractivity contribution is 7.03. The van der Waals surface area contributed by atoms with Crippen molar-refractivity contribution in [2.24, 2.45) is 0 Å². The second kappa shape index (κ2) is 4.80. The number of hydrogen-bond acceptors (Lipinski definition) is 6. The number of aromatic nitrogens is 2. The summed E-state index contributed by atoms with van der Waals surface area (Å²) in [6.07, 6.45) is 0. The molecule has 8 heteroatoms. The van der Waals surface area contributed by atoms with Crippen LogP contribution in [-0.4, -0.2) is 31.7 Å². The molecule has 0 bridgehead atoms. The lowest BCUT2D eigenvalue weighted by Gasteiger charge is -2.05. The summed E-state index contributed by atoms with van der Waals surface area (Å²) in [7, 11) is 0. The van der Waals surface area contributed by atoms with Crippen molar-refractivity contribution in [3.8, 4) is 5.75 Å². The molecule has 18 heavy (non-hydrogen) atoms. The molecule has 2 rings (SSSR count). The molecule has 1 heterocycles. The molecule has 2 aromatic rings. The number of nitrogens with zero attached hydrogens (tertiary/aromatic N) is 2. The third kappa shape index (κ3) is 2.43. The second-order valence-electron chi connectivity index (χ2n) is 3.28. The average Bonchev–Trinajstić information content (AvgIpc) is 2.81. The monoisotopic (exact) mass is 265 g/mol. The van der Waals surface area contributed by atoms with Crippen LogP contribution >= 0.6 is 11.5 Å². The predicted molar refractivity (Wildman–Crippen MR) is 62.9 cm³/mol. The molecule has 0 aliphatic rings. The van der Waals surface area contributed by atoms with Crippen LogP contribution in [0.4, 0.5) is 5.69 Å². The second-order valence-corrected chi connectivity index (χ2v) is 3.89. The molecule has 0 atom stereocenters. The van der Waals surface area contributed by atoms with Gasteiger partial charge in [0, 0.05) is 17.1 Å². The summed E-state index contributed by atoms with van der Waals surface area (Å²) in [4.78, 5) is 22.3. The number of rotatable bonds is 3. The number of benzene rings is 1. The van der Waals surface area contributed by atoms with E-state index < -0.39 is 17.6 Å².